The summed E-state index contributed by atoms with van der Waals surface area (Å²) in [6.07, 6.45) is 0.287. The number of anilines is 1. The average molecular weight is 346 g/mol. The van der Waals surface area contributed by atoms with E-state index >= 15 is 0 Å². The SMILES string of the molecule is COc1cccc(CC(=O)NN(Cc2ccccc2)c2ccccc2)c1. The van der Waals surface area contributed by atoms with Crippen molar-refractivity contribution in [2.45, 2.75) is 13.0 Å². The van der Waals surface area contributed by atoms with Gasteiger partial charge in [0.05, 0.1) is 25.8 Å². The minimum absolute atomic E-state index is 0.0713. The molecule has 0 saturated heterocycles. The molecule has 0 aliphatic rings. The summed E-state index contributed by atoms with van der Waals surface area (Å²) in [6, 6.07) is 27.5. The number of nitrogens with one attached hydrogen (secondary N) is 1. The Balaban J connectivity index is 1.73. The maximum atomic E-state index is 12.6. The van der Waals surface area contributed by atoms with Crippen molar-refractivity contribution < 1.29 is 9.53 Å². The molecule has 4 heteroatoms. The third-order valence-corrected chi connectivity index (χ3v) is 4.01. The van der Waals surface area contributed by atoms with Crippen molar-refractivity contribution in [2.75, 3.05) is 12.1 Å². The lowest BCUT2D eigenvalue weighted by Gasteiger charge is -2.25. The Kier molecular flexibility index (Phi) is 5.88. The summed E-state index contributed by atoms with van der Waals surface area (Å²) < 4.78 is 5.22. The van der Waals surface area contributed by atoms with Crippen LogP contribution in [0.1, 0.15) is 11.1 Å². The molecular formula is C22H22N2O2. The molecule has 1 amide bonds. The van der Waals surface area contributed by atoms with Crippen LogP contribution < -0.4 is 15.2 Å². The zero-order chi connectivity index (χ0) is 18.2. The van der Waals surface area contributed by atoms with Gasteiger partial charge in [0.25, 0.3) is 0 Å². The molecule has 3 aromatic carbocycles. The van der Waals surface area contributed by atoms with E-state index in [9.17, 15) is 4.79 Å². The number of amides is 1. The van der Waals surface area contributed by atoms with E-state index in [1.165, 1.54) is 0 Å². The monoisotopic (exact) mass is 346 g/mol. The summed E-state index contributed by atoms with van der Waals surface area (Å²) >= 11 is 0. The molecule has 0 aromatic heterocycles. The topological polar surface area (TPSA) is 41.6 Å². The number of carbonyl (C=O) groups excluding carboxylic acids is 1. The van der Waals surface area contributed by atoms with E-state index in [0.717, 1.165) is 22.6 Å². The van der Waals surface area contributed by atoms with E-state index in [1.54, 1.807) is 7.11 Å². The lowest BCUT2D eigenvalue weighted by molar-refractivity contribution is -0.120. The summed E-state index contributed by atoms with van der Waals surface area (Å²) in [4.78, 5) is 12.6. The van der Waals surface area contributed by atoms with Crippen molar-refractivity contribution in [3.63, 3.8) is 0 Å². The van der Waals surface area contributed by atoms with Crippen LogP contribution in [0.3, 0.4) is 0 Å². The number of carbonyl (C=O) groups is 1. The highest BCUT2D eigenvalue weighted by Crippen LogP contribution is 2.16. The van der Waals surface area contributed by atoms with Crippen LogP contribution in [-0.2, 0) is 17.8 Å². The molecule has 132 valence electrons. The third-order valence-electron chi connectivity index (χ3n) is 4.01. The van der Waals surface area contributed by atoms with Gasteiger partial charge in [-0.3, -0.25) is 15.2 Å². The Morgan fingerprint density at radius 2 is 1.54 bits per heavy atom. The van der Waals surface area contributed by atoms with Gasteiger partial charge in [0.15, 0.2) is 0 Å². The number of para-hydroxylation sites is 1. The van der Waals surface area contributed by atoms with Gasteiger partial charge in [0, 0.05) is 0 Å². The first-order valence-electron chi connectivity index (χ1n) is 8.53. The van der Waals surface area contributed by atoms with Gasteiger partial charge in [-0.05, 0) is 35.4 Å². The molecule has 0 aliphatic carbocycles. The summed E-state index contributed by atoms with van der Waals surface area (Å²) in [5.74, 6) is 0.678. The number of nitrogens with zero attached hydrogens (tertiary/aromatic N) is 1. The van der Waals surface area contributed by atoms with Crippen LogP contribution in [-0.4, -0.2) is 13.0 Å². The normalized spacial score (nSPS) is 10.2. The molecule has 0 fully saturated rings. The van der Waals surface area contributed by atoms with Gasteiger partial charge in [0.2, 0.25) is 5.91 Å². The molecule has 4 nitrogen and oxygen atoms in total. The zero-order valence-electron chi connectivity index (χ0n) is 14.8. The smallest absolute Gasteiger partial charge is 0.242 e. The van der Waals surface area contributed by atoms with E-state index in [2.05, 4.69) is 5.43 Å². The minimum atomic E-state index is -0.0713. The van der Waals surface area contributed by atoms with Gasteiger partial charge in [-0.15, -0.1) is 0 Å². The number of hydrazine groups is 1. The zero-order valence-corrected chi connectivity index (χ0v) is 14.8. The molecule has 0 heterocycles. The van der Waals surface area contributed by atoms with E-state index in [-0.39, 0.29) is 12.3 Å². The Bertz CT molecular complexity index is 835. The second-order valence-electron chi connectivity index (χ2n) is 5.97. The van der Waals surface area contributed by atoms with Crippen molar-refractivity contribution in [1.29, 1.82) is 0 Å². The van der Waals surface area contributed by atoms with Gasteiger partial charge in [0.1, 0.15) is 5.75 Å². The van der Waals surface area contributed by atoms with Crippen LogP contribution in [0, 0.1) is 0 Å². The molecule has 1 N–H and O–H groups in total. The molecule has 0 unspecified atom stereocenters. The number of hydrogen-bond donors (Lipinski definition) is 1. The van der Waals surface area contributed by atoms with E-state index in [4.69, 9.17) is 4.74 Å². The van der Waals surface area contributed by atoms with Crippen LogP contribution in [0.25, 0.3) is 0 Å². The summed E-state index contributed by atoms with van der Waals surface area (Å²) in [5, 5.41) is 1.87. The summed E-state index contributed by atoms with van der Waals surface area (Å²) in [7, 11) is 1.62. The largest absolute Gasteiger partial charge is 0.497 e. The predicted molar refractivity (Wildman–Crippen MR) is 104 cm³/mol. The number of benzene rings is 3. The lowest BCUT2D eigenvalue weighted by atomic mass is 10.1. The Morgan fingerprint density at radius 3 is 2.23 bits per heavy atom. The van der Waals surface area contributed by atoms with Crippen molar-refractivity contribution in [2.24, 2.45) is 0 Å². The summed E-state index contributed by atoms with van der Waals surface area (Å²) in [6.45, 7) is 0.592. The first kappa shape index (κ1) is 17.5. The second kappa shape index (κ2) is 8.72. The van der Waals surface area contributed by atoms with Crippen LogP contribution >= 0.6 is 0 Å². The fourth-order valence-corrected chi connectivity index (χ4v) is 2.73. The minimum Gasteiger partial charge on any atom is -0.497 e. The number of rotatable bonds is 7. The van der Waals surface area contributed by atoms with E-state index in [1.807, 2.05) is 89.9 Å². The van der Waals surface area contributed by atoms with Crippen LogP contribution in [0.15, 0.2) is 84.9 Å². The maximum absolute atomic E-state index is 12.6. The van der Waals surface area contributed by atoms with Crippen molar-refractivity contribution >= 4 is 11.6 Å². The fourth-order valence-electron chi connectivity index (χ4n) is 2.73. The molecule has 3 aromatic rings. The molecule has 0 bridgehead atoms. The lowest BCUT2D eigenvalue weighted by Crippen LogP contribution is -2.42. The standard InChI is InChI=1S/C22H22N2O2/c1-26-21-14-8-11-19(15-21)16-22(25)23-24(20-12-6-3-7-13-20)17-18-9-4-2-5-10-18/h2-15H,16-17H2,1H3,(H,23,25). The maximum Gasteiger partial charge on any atom is 0.242 e. The third kappa shape index (κ3) is 4.86. The van der Waals surface area contributed by atoms with Gasteiger partial charge in [-0.25, -0.2) is 0 Å². The molecule has 3 rings (SSSR count). The summed E-state index contributed by atoms with van der Waals surface area (Å²) in [5.41, 5.74) is 6.00. The highest BCUT2D eigenvalue weighted by Gasteiger charge is 2.12. The average Bonchev–Trinajstić information content (AvgIpc) is 2.69. The molecule has 0 saturated carbocycles. The van der Waals surface area contributed by atoms with Gasteiger partial charge < -0.3 is 4.74 Å². The molecule has 0 aliphatic heterocycles. The fraction of sp³-hybridized carbons (Fsp3) is 0.136. The Hall–Kier alpha value is -3.27. The molecule has 26 heavy (non-hydrogen) atoms. The van der Waals surface area contributed by atoms with E-state index in [0.29, 0.717) is 6.54 Å². The van der Waals surface area contributed by atoms with Crippen LogP contribution in [0.5, 0.6) is 5.75 Å². The highest BCUT2D eigenvalue weighted by atomic mass is 16.5. The van der Waals surface area contributed by atoms with E-state index < -0.39 is 0 Å². The van der Waals surface area contributed by atoms with Gasteiger partial charge in [-0.1, -0.05) is 60.7 Å². The van der Waals surface area contributed by atoms with Crippen LogP contribution in [0.2, 0.25) is 0 Å². The van der Waals surface area contributed by atoms with Crippen molar-refractivity contribution in [3.05, 3.63) is 96.1 Å². The molecule has 0 spiro atoms. The highest BCUT2D eigenvalue weighted by molar-refractivity contribution is 5.80. The molecular weight excluding hydrogens is 324 g/mol. The quantitative estimate of drug-likeness (QED) is 0.658. The van der Waals surface area contributed by atoms with Crippen molar-refractivity contribution in [1.82, 2.24) is 5.43 Å². The first-order valence-corrected chi connectivity index (χ1v) is 8.53. The molecule has 0 atom stereocenters. The van der Waals surface area contributed by atoms with Crippen LogP contribution in [0.4, 0.5) is 5.69 Å². The van der Waals surface area contributed by atoms with Gasteiger partial charge >= 0.3 is 0 Å². The Morgan fingerprint density at radius 1 is 0.885 bits per heavy atom. The number of methoxy groups -OCH3 is 1. The second-order valence-corrected chi connectivity index (χ2v) is 5.97. The number of ether oxygens (including phenoxy) is 1. The molecule has 0 radical (unpaired) electrons. The van der Waals surface area contributed by atoms with Gasteiger partial charge in [-0.2, -0.15) is 0 Å². The van der Waals surface area contributed by atoms with Crippen molar-refractivity contribution in [3.8, 4) is 5.75 Å². The predicted octanol–water partition coefficient (Wildman–Crippen LogP) is 3.98. The first-order chi connectivity index (χ1) is 12.7. The Labute approximate surface area is 154 Å². The number of hydrogen-bond acceptors (Lipinski definition) is 3.